The van der Waals surface area contributed by atoms with Gasteiger partial charge in [0.05, 0.1) is 30.1 Å². The SMILES string of the molecule is COc1cccc(C(=O)Nc2cc(C)nn2-c2ncnc3c2cnn3-c2ccc(C)c(C)c2)c1. The van der Waals surface area contributed by atoms with Crippen molar-refractivity contribution in [3.63, 3.8) is 0 Å². The number of anilines is 1. The second kappa shape index (κ2) is 8.43. The third-order valence-electron chi connectivity index (χ3n) is 5.69. The van der Waals surface area contributed by atoms with Crippen LogP contribution in [-0.2, 0) is 0 Å². The Hall–Kier alpha value is -4.53. The van der Waals surface area contributed by atoms with E-state index in [0.29, 0.717) is 34.0 Å². The first-order valence-corrected chi connectivity index (χ1v) is 10.7. The largest absolute Gasteiger partial charge is 0.497 e. The lowest BCUT2D eigenvalue weighted by molar-refractivity contribution is 0.102. The number of ether oxygens (including phenoxy) is 1. The fraction of sp³-hybridized carbons (Fsp3) is 0.160. The van der Waals surface area contributed by atoms with Crippen LogP contribution in [0.1, 0.15) is 27.2 Å². The van der Waals surface area contributed by atoms with Gasteiger partial charge in [-0.15, -0.1) is 0 Å². The monoisotopic (exact) mass is 453 g/mol. The van der Waals surface area contributed by atoms with Crippen LogP contribution in [0.4, 0.5) is 5.82 Å². The summed E-state index contributed by atoms with van der Waals surface area (Å²) in [6.07, 6.45) is 3.19. The van der Waals surface area contributed by atoms with Gasteiger partial charge in [0.15, 0.2) is 11.5 Å². The fourth-order valence-electron chi connectivity index (χ4n) is 3.75. The zero-order valence-electron chi connectivity index (χ0n) is 19.3. The van der Waals surface area contributed by atoms with Crippen LogP contribution in [-0.4, -0.2) is 42.5 Å². The van der Waals surface area contributed by atoms with E-state index in [-0.39, 0.29) is 5.91 Å². The summed E-state index contributed by atoms with van der Waals surface area (Å²) in [6, 6.07) is 14.9. The maximum absolute atomic E-state index is 12.9. The molecule has 0 fully saturated rings. The van der Waals surface area contributed by atoms with E-state index in [9.17, 15) is 4.79 Å². The molecule has 0 atom stereocenters. The molecule has 0 radical (unpaired) electrons. The summed E-state index contributed by atoms with van der Waals surface area (Å²) >= 11 is 0. The number of carbonyl (C=O) groups excluding carboxylic acids is 1. The van der Waals surface area contributed by atoms with Crippen LogP contribution in [0.5, 0.6) is 5.75 Å². The highest BCUT2D eigenvalue weighted by Crippen LogP contribution is 2.25. The molecule has 9 nitrogen and oxygen atoms in total. The molecule has 0 unspecified atom stereocenters. The van der Waals surface area contributed by atoms with Crippen molar-refractivity contribution in [1.29, 1.82) is 0 Å². The van der Waals surface area contributed by atoms with Crippen LogP contribution < -0.4 is 10.1 Å². The van der Waals surface area contributed by atoms with Gasteiger partial charge in [-0.05, 0) is 62.2 Å². The number of fused-ring (bicyclic) bond motifs is 1. The summed E-state index contributed by atoms with van der Waals surface area (Å²) in [5.74, 6) is 1.34. The zero-order valence-corrected chi connectivity index (χ0v) is 19.3. The fourth-order valence-corrected chi connectivity index (χ4v) is 3.75. The highest BCUT2D eigenvalue weighted by molar-refractivity contribution is 6.04. The molecule has 0 aliphatic heterocycles. The van der Waals surface area contributed by atoms with Crippen LogP contribution in [0.2, 0.25) is 0 Å². The number of hydrogen-bond donors (Lipinski definition) is 1. The van der Waals surface area contributed by atoms with Gasteiger partial charge in [0, 0.05) is 11.6 Å². The van der Waals surface area contributed by atoms with E-state index in [4.69, 9.17) is 4.74 Å². The van der Waals surface area contributed by atoms with Crippen molar-refractivity contribution < 1.29 is 9.53 Å². The summed E-state index contributed by atoms with van der Waals surface area (Å²) in [5.41, 5.74) is 5.13. The predicted octanol–water partition coefficient (Wildman–Crippen LogP) is 4.19. The Balaban J connectivity index is 1.55. The summed E-state index contributed by atoms with van der Waals surface area (Å²) < 4.78 is 8.61. The third-order valence-corrected chi connectivity index (χ3v) is 5.69. The maximum Gasteiger partial charge on any atom is 0.256 e. The minimum atomic E-state index is -0.281. The minimum Gasteiger partial charge on any atom is -0.497 e. The van der Waals surface area contributed by atoms with E-state index in [1.165, 1.54) is 17.5 Å². The molecule has 2 aromatic carbocycles. The Morgan fingerprint density at radius 2 is 1.82 bits per heavy atom. The van der Waals surface area contributed by atoms with E-state index >= 15 is 0 Å². The number of nitrogens with zero attached hydrogens (tertiary/aromatic N) is 6. The van der Waals surface area contributed by atoms with E-state index in [1.807, 2.05) is 13.0 Å². The van der Waals surface area contributed by atoms with E-state index in [2.05, 4.69) is 51.5 Å². The van der Waals surface area contributed by atoms with Crippen LogP contribution in [0.15, 0.2) is 61.1 Å². The molecule has 5 rings (SSSR count). The van der Waals surface area contributed by atoms with E-state index in [0.717, 1.165) is 11.4 Å². The van der Waals surface area contributed by atoms with Gasteiger partial charge < -0.3 is 10.1 Å². The van der Waals surface area contributed by atoms with Crippen molar-refractivity contribution >= 4 is 22.8 Å². The topological polar surface area (TPSA) is 99.8 Å². The molecule has 5 aromatic rings. The molecule has 3 heterocycles. The molecule has 0 aliphatic carbocycles. The molecule has 9 heteroatoms. The molecule has 0 spiro atoms. The van der Waals surface area contributed by atoms with Gasteiger partial charge >= 0.3 is 0 Å². The van der Waals surface area contributed by atoms with E-state index < -0.39 is 0 Å². The molecule has 0 saturated heterocycles. The number of nitrogens with one attached hydrogen (secondary N) is 1. The zero-order chi connectivity index (χ0) is 23.8. The van der Waals surface area contributed by atoms with Crippen LogP contribution in [0.3, 0.4) is 0 Å². The number of benzene rings is 2. The molecule has 0 aliphatic rings. The number of hydrogen-bond acceptors (Lipinski definition) is 6. The number of aromatic nitrogens is 6. The molecule has 1 N–H and O–H groups in total. The van der Waals surface area contributed by atoms with Crippen LogP contribution in [0.25, 0.3) is 22.5 Å². The van der Waals surface area contributed by atoms with E-state index in [1.54, 1.807) is 53.0 Å². The average molecular weight is 454 g/mol. The van der Waals surface area contributed by atoms with Gasteiger partial charge in [0.1, 0.15) is 17.9 Å². The van der Waals surface area contributed by atoms with Crippen LogP contribution >= 0.6 is 0 Å². The molecule has 1 amide bonds. The Morgan fingerprint density at radius 3 is 2.62 bits per heavy atom. The summed E-state index contributed by atoms with van der Waals surface area (Å²) in [4.78, 5) is 21.9. The highest BCUT2D eigenvalue weighted by Gasteiger charge is 2.18. The number of methoxy groups -OCH3 is 1. The number of amides is 1. The minimum absolute atomic E-state index is 0.281. The summed E-state index contributed by atoms with van der Waals surface area (Å²) in [5, 5.41) is 12.8. The molecular weight excluding hydrogens is 430 g/mol. The first-order valence-electron chi connectivity index (χ1n) is 10.7. The Bertz CT molecular complexity index is 1530. The molecule has 3 aromatic heterocycles. The number of rotatable bonds is 5. The highest BCUT2D eigenvalue weighted by atomic mass is 16.5. The maximum atomic E-state index is 12.9. The lowest BCUT2D eigenvalue weighted by Crippen LogP contribution is -2.16. The Kier molecular flexibility index (Phi) is 5.29. The smallest absolute Gasteiger partial charge is 0.256 e. The van der Waals surface area contributed by atoms with Crippen molar-refractivity contribution in [2.45, 2.75) is 20.8 Å². The van der Waals surface area contributed by atoms with Gasteiger partial charge in [0.25, 0.3) is 5.91 Å². The standard InChI is InChI=1S/C25H23N7O2/c1-15-8-9-19(10-16(15)2)31-23-21(13-28-31)24(27-14-26-23)32-22(11-17(3)30-32)29-25(33)18-6-5-7-20(12-18)34-4/h5-14H,1-4H3,(H,29,33). The van der Waals surface area contributed by atoms with Crippen LogP contribution in [0, 0.1) is 20.8 Å². The first-order chi connectivity index (χ1) is 16.4. The van der Waals surface area contributed by atoms with Crippen molar-refractivity contribution in [3.8, 4) is 17.3 Å². The molecule has 170 valence electrons. The number of aryl methyl sites for hydroxylation is 3. The van der Waals surface area contributed by atoms with Crippen molar-refractivity contribution in [2.24, 2.45) is 0 Å². The second-order valence-electron chi connectivity index (χ2n) is 8.03. The molecular formula is C25H23N7O2. The van der Waals surface area contributed by atoms with Crippen molar-refractivity contribution in [3.05, 3.63) is 83.4 Å². The predicted molar refractivity (Wildman–Crippen MR) is 129 cm³/mol. The molecule has 0 saturated carbocycles. The third kappa shape index (κ3) is 3.77. The Labute approximate surface area is 196 Å². The second-order valence-corrected chi connectivity index (χ2v) is 8.03. The molecule has 34 heavy (non-hydrogen) atoms. The summed E-state index contributed by atoms with van der Waals surface area (Å²) in [7, 11) is 1.56. The molecule has 0 bridgehead atoms. The average Bonchev–Trinajstić information content (AvgIpc) is 3.44. The van der Waals surface area contributed by atoms with Crippen molar-refractivity contribution in [2.75, 3.05) is 12.4 Å². The first kappa shape index (κ1) is 21.3. The lowest BCUT2D eigenvalue weighted by Gasteiger charge is -2.10. The van der Waals surface area contributed by atoms with Gasteiger partial charge in [-0.3, -0.25) is 4.79 Å². The van der Waals surface area contributed by atoms with Gasteiger partial charge in [0.2, 0.25) is 0 Å². The van der Waals surface area contributed by atoms with Crippen molar-refractivity contribution in [1.82, 2.24) is 29.5 Å². The van der Waals surface area contributed by atoms with Gasteiger partial charge in [-0.1, -0.05) is 12.1 Å². The quantitative estimate of drug-likeness (QED) is 0.428. The summed E-state index contributed by atoms with van der Waals surface area (Å²) in [6.45, 7) is 5.99. The normalized spacial score (nSPS) is 11.1. The lowest BCUT2D eigenvalue weighted by atomic mass is 10.1. The Morgan fingerprint density at radius 1 is 0.971 bits per heavy atom. The van der Waals surface area contributed by atoms with Gasteiger partial charge in [-0.25, -0.2) is 14.6 Å². The van der Waals surface area contributed by atoms with Gasteiger partial charge in [-0.2, -0.15) is 14.9 Å². The number of carbonyl (C=O) groups is 1.